The van der Waals surface area contributed by atoms with E-state index in [0.29, 0.717) is 6.42 Å². The highest BCUT2D eigenvalue weighted by molar-refractivity contribution is 5.51. The first kappa shape index (κ1) is 11.8. The first-order valence-electron chi connectivity index (χ1n) is 4.87. The minimum absolute atomic E-state index is 0.00208. The molecule has 1 aromatic carbocycles. The van der Waals surface area contributed by atoms with E-state index in [1.807, 2.05) is 6.92 Å². The van der Waals surface area contributed by atoms with Crippen molar-refractivity contribution in [2.75, 3.05) is 0 Å². The smallest absolute Gasteiger partial charge is 0.270 e. The SMILES string of the molecule is CC(CC=O)c1cccc(C(C)(F)F)c1. The van der Waals surface area contributed by atoms with Gasteiger partial charge in [-0.3, -0.25) is 0 Å². The van der Waals surface area contributed by atoms with Gasteiger partial charge in [0.2, 0.25) is 0 Å². The third kappa shape index (κ3) is 3.11. The van der Waals surface area contributed by atoms with Gasteiger partial charge in [-0.05, 0) is 17.5 Å². The number of rotatable bonds is 4. The van der Waals surface area contributed by atoms with Crippen molar-refractivity contribution >= 4 is 6.29 Å². The number of hydrogen-bond acceptors (Lipinski definition) is 1. The Morgan fingerprint density at radius 1 is 1.47 bits per heavy atom. The molecule has 0 N–H and O–H groups in total. The van der Waals surface area contributed by atoms with E-state index in [4.69, 9.17) is 0 Å². The van der Waals surface area contributed by atoms with Crippen molar-refractivity contribution < 1.29 is 13.6 Å². The highest BCUT2D eigenvalue weighted by Gasteiger charge is 2.24. The van der Waals surface area contributed by atoms with Gasteiger partial charge in [-0.1, -0.05) is 25.1 Å². The van der Waals surface area contributed by atoms with E-state index in [-0.39, 0.29) is 11.5 Å². The summed E-state index contributed by atoms with van der Waals surface area (Å²) in [6, 6.07) is 6.23. The lowest BCUT2D eigenvalue weighted by Gasteiger charge is -2.14. The summed E-state index contributed by atoms with van der Waals surface area (Å²) in [6.07, 6.45) is 1.17. The van der Waals surface area contributed by atoms with Crippen LogP contribution in [0.5, 0.6) is 0 Å². The molecule has 1 nitrogen and oxygen atoms in total. The fourth-order valence-corrected chi connectivity index (χ4v) is 1.40. The summed E-state index contributed by atoms with van der Waals surface area (Å²) in [5, 5.41) is 0. The van der Waals surface area contributed by atoms with Crippen molar-refractivity contribution in [1.29, 1.82) is 0 Å². The molecule has 0 fully saturated rings. The summed E-state index contributed by atoms with van der Waals surface area (Å²) >= 11 is 0. The standard InChI is InChI=1S/C12H14F2O/c1-9(6-7-15)10-4-3-5-11(8-10)12(2,13)14/h3-5,7-9H,6H2,1-2H3. The van der Waals surface area contributed by atoms with Gasteiger partial charge in [0, 0.05) is 18.9 Å². The van der Waals surface area contributed by atoms with Crippen LogP contribution in [0.2, 0.25) is 0 Å². The van der Waals surface area contributed by atoms with E-state index < -0.39 is 5.92 Å². The Bertz CT molecular complexity index is 342. The Kier molecular flexibility index (Phi) is 3.56. The summed E-state index contributed by atoms with van der Waals surface area (Å²) in [5.74, 6) is -2.83. The number of hydrogen-bond donors (Lipinski definition) is 0. The topological polar surface area (TPSA) is 17.1 Å². The van der Waals surface area contributed by atoms with Gasteiger partial charge in [0.25, 0.3) is 5.92 Å². The molecule has 82 valence electrons. The molecule has 1 rings (SSSR count). The van der Waals surface area contributed by atoms with Crippen molar-refractivity contribution in [1.82, 2.24) is 0 Å². The molecule has 0 aliphatic carbocycles. The normalized spacial score (nSPS) is 13.6. The molecule has 1 unspecified atom stereocenters. The number of aldehydes is 1. The van der Waals surface area contributed by atoms with Gasteiger partial charge in [0.15, 0.2) is 0 Å². The Hall–Kier alpha value is -1.25. The Balaban J connectivity index is 2.97. The summed E-state index contributed by atoms with van der Waals surface area (Å²) in [4.78, 5) is 10.3. The Morgan fingerprint density at radius 2 is 2.13 bits per heavy atom. The maximum atomic E-state index is 13.0. The second-order valence-electron chi connectivity index (χ2n) is 3.82. The minimum Gasteiger partial charge on any atom is -0.303 e. The lowest BCUT2D eigenvalue weighted by atomic mass is 9.95. The van der Waals surface area contributed by atoms with E-state index in [1.54, 1.807) is 12.1 Å². The molecule has 0 spiro atoms. The Morgan fingerprint density at radius 3 is 2.67 bits per heavy atom. The highest BCUT2D eigenvalue weighted by Crippen LogP contribution is 2.29. The van der Waals surface area contributed by atoms with Gasteiger partial charge in [-0.15, -0.1) is 0 Å². The van der Waals surface area contributed by atoms with Crippen molar-refractivity contribution in [2.24, 2.45) is 0 Å². The van der Waals surface area contributed by atoms with Crippen LogP contribution < -0.4 is 0 Å². The quantitative estimate of drug-likeness (QED) is 0.698. The number of carbonyl (C=O) groups is 1. The summed E-state index contributed by atoms with van der Waals surface area (Å²) < 4.78 is 26.0. The molecular formula is C12H14F2O. The second-order valence-corrected chi connectivity index (χ2v) is 3.82. The van der Waals surface area contributed by atoms with Crippen molar-refractivity contribution in [3.05, 3.63) is 35.4 Å². The summed E-state index contributed by atoms with van der Waals surface area (Å²) in [6.45, 7) is 2.72. The van der Waals surface area contributed by atoms with Crippen LogP contribution in [0.1, 0.15) is 37.3 Å². The molecule has 3 heteroatoms. The number of halogens is 2. The highest BCUT2D eigenvalue weighted by atomic mass is 19.3. The van der Waals surface area contributed by atoms with Gasteiger partial charge in [0.1, 0.15) is 6.29 Å². The van der Waals surface area contributed by atoms with E-state index in [9.17, 15) is 13.6 Å². The zero-order chi connectivity index (χ0) is 11.5. The predicted octanol–water partition coefficient (Wildman–Crippen LogP) is 3.49. The maximum absolute atomic E-state index is 13.0. The minimum atomic E-state index is -2.82. The first-order chi connectivity index (χ1) is 6.95. The molecular weight excluding hydrogens is 198 g/mol. The number of alkyl halides is 2. The van der Waals surface area contributed by atoms with Gasteiger partial charge >= 0.3 is 0 Å². The average Bonchev–Trinajstić information content (AvgIpc) is 2.17. The van der Waals surface area contributed by atoms with Gasteiger partial charge in [0.05, 0.1) is 0 Å². The van der Waals surface area contributed by atoms with Crippen LogP contribution in [-0.2, 0) is 10.7 Å². The van der Waals surface area contributed by atoms with E-state index >= 15 is 0 Å². The molecule has 0 aliphatic heterocycles. The molecule has 0 aliphatic rings. The number of benzene rings is 1. The molecule has 0 heterocycles. The fourth-order valence-electron chi connectivity index (χ4n) is 1.40. The van der Waals surface area contributed by atoms with Gasteiger partial charge in [-0.2, -0.15) is 0 Å². The molecule has 0 bridgehead atoms. The molecule has 0 radical (unpaired) electrons. The second kappa shape index (κ2) is 4.51. The van der Waals surface area contributed by atoms with Crippen LogP contribution in [0.3, 0.4) is 0 Å². The molecule has 0 saturated carbocycles. The lowest BCUT2D eigenvalue weighted by Crippen LogP contribution is -2.08. The molecule has 15 heavy (non-hydrogen) atoms. The third-order valence-electron chi connectivity index (χ3n) is 2.41. The third-order valence-corrected chi connectivity index (χ3v) is 2.41. The lowest BCUT2D eigenvalue weighted by molar-refractivity contribution is -0.108. The van der Waals surface area contributed by atoms with Crippen molar-refractivity contribution in [3.63, 3.8) is 0 Å². The van der Waals surface area contributed by atoms with Crippen LogP contribution in [0.15, 0.2) is 24.3 Å². The van der Waals surface area contributed by atoms with Crippen LogP contribution in [0.25, 0.3) is 0 Å². The van der Waals surface area contributed by atoms with Crippen LogP contribution in [0, 0.1) is 0 Å². The van der Waals surface area contributed by atoms with Crippen LogP contribution >= 0.6 is 0 Å². The van der Waals surface area contributed by atoms with Crippen molar-refractivity contribution in [3.8, 4) is 0 Å². The van der Waals surface area contributed by atoms with Crippen LogP contribution in [-0.4, -0.2) is 6.29 Å². The molecule has 0 aromatic heterocycles. The zero-order valence-electron chi connectivity index (χ0n) is 8.84. The van der Waals surface area contributed by atoms with Gasteiger partial charge in [-0.25, -0.2) is 8.78 Å². The molecule has 1 aromatic rings. The molecule has 1 atom stereocenters. The molecule has 0 saturated heterocycles. The van der Waals surface area contributed by atoms with Crippen LogP contribution in [0.4, 0.5) is 8.78 Å². The Labute approximate surface area is 88.1 Å². The van der Waals surface area contributed by atoms with Gasteiger partial charge < -0.3 is 4.79 Å². The first-order valence-corrected chi connectivity index (χ1v) is 4.87. The summed E-state index contributed by atoms with van der Waals surface area (Å²) in [5.41, 5.74) is 0.777. The largest absolute Gasteiger partial charge is 0.303 e. The van der Waals surface area contributed by atoms with E-state index in [2.05, 4.69) is 0 Å². The predicted molar refractivity (Wildman–Crippen MR) is 55.1 cm³/mol. The average molecular weight is 212 g/mol. The fraction of sp³-hybridized carbons (Fsp3) is 0.417. The maximum Gasteiger partial charge on any atom is 0.270 e. The monoisotopic (exact) mass is 212 g/mol. The zero-order valence-corrected chi connectivity index (χ0v) is 8.84. The van der Waals surface area contributed by atoms with E-state index in [0.717, 1.165) is 18.8 Å². The number of carbonyl (C=O) groups excluding carboxylic acids is 1. The van der Waals surface area contributed by atoms with E-state index in [1.165, 1.54) is 12.1 Å². The van der Waals surface area contributed by atoms with Crippen molar-refractivity contribution in [2.45, 2.75) is 32.1 Å². The summed E-state index contributed by atoms with van der Waals surface area (Å²) in [7, 11) is 0. The molecule has 0 amide bonds.